The van der Waals surface area contributed by atoms with Crippen LogP contribution in [0.5, 0.6) is 17.2 Å². The SMILES string of the molecule is O=c1[nH]c(F)c(O)c(O)c1O. The highest BCUT2D eigenvalue weighted by Crippen LogP contribution is 2.31. The Morgan fingerprint density at radius 3 is 2.18 bits per heavy atom. The van der Waals surface area contributed by atoms with Gasteiger partial charge in [-0.15, -0.1) is 0 Å². The molecular formula is C5H4FNO4. The summed E-state index contributed by atoms with van der Waals surface area (Å²) >= 11 is 0. The van der Waals surface area contributed by atoms with Crippen LogP contribution in [0, 0.1) is 5.95 Å². The molecule has 1 heterocycles. The van der Waals surface area contributed by atoms with Gasteiger partial charge in [0.05, 0.1) is 0 Å². The molecule has 11 heavy (non-hydrogen) atoms. The molecule has 0 aliphatic carbocycles. The number of aromatic nitrogens is 1. The van der Waals surface area contributed by atoms with Crippen molar-refractivity contribution in [3.8, 4) is 17.2 Å². The molecule has 1 aromatic heterocycles. The van der Waals surface area contributed by atoms with Crippen LogP contribution in [0.25, 0.3) is 0 Å². The number of aromatic hydroxyl groups is 3. The van der Waals surface area contributed by atoms with E-state index in [2.05, 4.69) is 0 Å². The van der Waals surface area contributed by atoms with E-state index in [9.17, 15) is 9.18 Å². The van der Waals surface area contributed by atoms with Crippen LogP contribution in [-0.4, -0.2) is 20.3 Å². The number of halogens is 1. The number of aromatic amines is 1. The predicted molar refractivity (Wildman–Crippen MR) is 32.0 cm³/mol. The third-order valence-corrected chi connectivity index (χ3v) is 1.09. The Hall–Kier alpha value is -1.72. The van der Waals surface area contributed by atoms with Gasteiger partial charge in [0.25, 0.3) is 5.56 Å². The minimum atomic E-state index is -1.38. The molecule has 0 saturated carbocycles. The van der Waals surface area contributed by atoms with E-state index in [1.165, 1.54) is 4.98 Å². The molecular weight excluding hydrogens is 157 g/mol. The summed E-state index contributed by atoms with van der Waals surface area (Å²) in [7, 11) is 0. The van der Waals surface area contributed by atoms with Crippen molar-refractivity contribution in [2.45, 2.75) is 0 Å². The van der Waals surface area contributed by atoms with Gasteiger partial charge in [-0.25, -0.2) is 0 Å². The molecule has 0 amide bonds. The highest BCUT2D eigenvalue weighted by molar-refractivity contribution is 5.45. The van der Waals surface area contributed by atoms with Crippen molar-refractivity contribution in [2.75, 3.05) is 0 Å². The maximum Gasteiger partial charge on any atom is 0.296 e. The van der Waals surface area contributed by atoms with Crippen molar-refractivity contribution in [2.24, 2.45) is 0 Å². The maximum absolute atomic E-state index is 12.2. The molecule has 1 aromatic rings. The fourth-order valence-corrected chi connectivity index (χ4v) is 0.542. The van der Waals surface area contributed by atoms with E-state index in [1.807, 2.05) is 0 Å². The summed E-state index contributed by atoms with van der Waals surface area (Å²) in [6, 6.07) is 0. The van der Waals surface area contributed by atoms with Crippen molar-refractivity contribution in [1.29, 1.82) is 0 Å². The second kappa shape index (κ2) is 2.15. The molecule has 0 aliphatic heterocycles. The van der Waals surface area contributed by atoms with Crippen LogP contribution in [0.1, 0.15) is 0 Å². The summed E-state index contributed by atoms with van der Waals surface area (Å²) in [5.41, 5.74) is -1.20. The zero-order chi connectivity index (χ0) is 8.59. The lowest BCUT2D eigenvalue weighted by molar-refractivity contribution is 0.339. The van der Waals surface area contributed by atoms with Gasteiger partial charge >= 0.3 is 0 Å². The van der Waals surface area contributed by atoms with Gasteiger partial charge in [-0.05, 0) is 0 Å². The van der Waals surface area contributed by atoms with Gasteiger partial charge in [0.2, 0.25) is 23.2 Å². The third-order valence-electron chi connectivity index (χ3n) is 1.09. The van der Waals surface area contributed by atoms with E-state index in [0.29, 0.717) is 0 Å². The monoisotopic (exact) mass is 161 g/mol. The summed E-state index contributed by atoms with van der Waals surface area (Å²) in [6.45, 7) is 0. The Kier molecular flexibility index (Phi) is 1.45. The number of hydrogen-bond donors (Lipinski definition) is 4. The quantitative estimate of drug-likeness (QED) is 0.390. The van der Waals surface area contributed by atoms with E-state index >= 15 is 0 Å². The Bertz CT molecular complexity index is 345. The highest BCUT2D eigenvalue weighted by Gasteiger charge is 2.14. The lowest BCUT2D eigenvalue weighted by Gasteiger charge is -1.98. The van der Waals surface area contributed by atoms with E-state index in [1.54, 1.807) is 0 Å². The summed E-state index contributed by atoms with van der Waals surface area (Å²) in [6.07, 6.45) is 0. The van der Waals surface area contributed by atoms with Crippen LogP contribution in [0.15, 0.2) is 4.79 Å². The fourth-order valence-electron chi connectivity index (χ4n) is 0.542. The number of pyridine rings is 1. The second-order valence-electron chi connectivity index (χ2n) is 1.81. The summed E-state index contributed by atoms with van der Waals surface area (Å²) < 4.78 is 12.2. The minimum absolute atomic E-state index is 1.11. The van der Waals surface area contributed by atoms with E-state index in [0.717, 1.165) is 0 Å². The van der Waals surface area contributed by atoms with Gasteiger partial charge < -0.3 is 15.3 Å². The molecule has 5 nitrogen and oxygen atoms in total. The molecule has 0 bridgehead atoms. The lowest BCUT2D eigenvalue weighted by atomic mass is 10.4. The average molecular weight is 161 g/mol. The first-order chi connectivity index (χ1) is 5.04. The lowest BCUT2D eigenvalue weighted by Crippen LogP contribution is -2.06. The summed E-state index contributed by atoms with van der Waals surface area (Å²) in [5, 5.41) is 25.8. The van der Waals surface area contributed by atoms with Crippen LogP contribution in [-0.2, 0) is 0 Å². The van der Waals surface area contributed by atoms with Crippen LogP contribution < -0.4 is 5.56 Å². The van der Waals surface area contributed by atoms with Crippen molar-refractivity contribution in [3.63, 3.8) is 0 Å². The molecule has 1 rings (SSSR count). The molecule has 0 atom stereocenters. The zero-order valence-electron chi connectivity index (χ0n) is 5.13. The molecule has 0 saturated heterocycles. The average Bonchev–Trinajstić information content (AvgIpc) is 1.97. The van der Waals surface area contributed by atoms with Crippen LogP contribution >= 0.6 is 0 Å². The van der Waals surface area contributed by atoms with Crippen LogP contribution in [0.4, 0.5) is 4.39 Å². The van der Waals surface area contributed by atoms with Gasteiger partial charge in [-0.2, -0.15) is 4.39 Å². The fraction of sp³-hybridized carbons (Fsp3) is 0. The zero-order valence-corrected chi connectivity index (χ0v) is 5.13. The second-order valence-corrected chi connectivity index (χ2v) is 1.81. The number of hydrogen-bond acceptors (Lipinski definition) is 4. The molecule has 0 aromatic carbocycles. The third kappa shape index (κ3) is 0.977. The van der Waals surface area contributed by atoms with Gasteiger partial charge in [0.15, 0.2) is 0 Å². The Balaban J connectivity index is 3.59. The normalized spacial score (nSPS) is 9.91. The first-order valence-corrected chi connectivity index (χ1v) is 2.56. The topological polar surface area (TPSA) is 93.6 Å². The largest absolute Gasteiger partial charge is 0.501 e. The molecule has 4 N–H and O–H groups in total. The van der Waals surface area contributed by atoms with E-state index in [-0.39, 0.29) is 0 Å². The summed E-state index contributed by atoms with van der Waals surface area (Å²) in [4.78, 5) is 11.9. The molecule has 0 fully saturated rings. The van der Waals surface area contributed by atoms with Crippen molar-refractivity contribution >= 4 is 0 Å². The van der Waals surface area contributed by atoms with Gasteiger partial charge in [-0.3, -0.25) is 9.78 Å². The highest BCUT2D eigenvalue weighted by atomic mass is 19.1. The number of H-pyrrole nitrogens is 1. The van der Waals surface area contributed by atoms with Crippen molar-refractivity contribution < 1.29 is 19.7 Å². The number of nitrogens with one attached hydrogen (secondary N) is 1. The summed E-state index contributed by atoms with van der Waals surface area (Å²) in [5.74, 6) is -4.83. The van der Waals surface area contributed by atoms with Crippen LogP contribution in [0.3, 0.4) is 0 Å². The minimum Gasteiger partial charge on any atom is -0.501 e. The van der Waals surface area contributed by atoms with Crippen molar-refractivity contribution in [3.05, 3.63) is 16.3 Å². The Labute approximate surface area is 59.4 Å². The smallest absolute Gasteiger partial charge is 0.296 e. The van der Waals surface area contributed by atoms with Gasteiger partial charge in [0.1, 0.15) is 0 Å². The van der Waals surface area contributed by atoms with Crippen LogP contribution in [0.2, 0.25) is 0 Å². The number of rotatable bonds is 0. The van der Waals surface area contributed by atoms with E-state index in [4.69, 9.17) is 15.3 Å². The first-order valence-electron chi connectivity index (χ1n) is 2.56. The standard InChI is InChI=1S/C5H4FNO4/c6-4-2(9)1(8)3(10)5(11)7-4/h9-10H,(H2,7,8,11). The Morgan fingerprint density at radius 2 is 1.64 bits per heavy atom. The Morgan fingerprint density at radius 1 is 1.09 bits per heavy atom. The first kappa shape index (κ1) is 7.39. The van der Waals surface area contributed by atoms with Crippen molar-refractivity contribution in [1.82, 2.24) is 4.98 Å². The molecule has 0 radical (unpaired) electrons. The van der Waals surface area contributed by atoms with E-state index < -0.39 is 28.8 Å². The van der Waals surface area contributed by atoms with Gasteiger partial charge in [0, 0.05) is 0 Å². The molecule has 0 unspecified atom stereocenters. The molecule has 60 valence electrons. The molecule has 0 spiro atoms. The molecule has 6 heteroatoms. The predicted octanol–water partition coefficient (Wildman–Crippen LogP) is -0.369. The van der Waals surface area contributed by atoms with Gasteiger partial charge in [-0.1, -0.05) is 0 Å². The molecule has 0 aliphatic rings. The maximum atomic E-state index is 12.2.